The number of rotatable bonds is 14. The van der Waals surface area contributed by atoms with Crippen LogP contribution in [0.5, 0.6) is 0 Å². The van der Waals surface area contributed by atoms with E-state index in [4.69, 9.17) is 0 Å². The molecule has 47 heavy (non-hydrogen) atoms. The Kier molecular flexibility index (Phi) is 10.7. The third kappa shape index (κ3) is 7.16. The van der Waals surface area contributed by atoms with Crippen molar-refractivity contribution in [1.29, 1.82) is 0 Å². The van der Waals surface area contributed by atoms with Crippen LogP contribution in [0.2, 0.25) is 0 Å². The van der Waals surface area contributed by atoms with Gasteiger partial charge in [-0.3, -0.25) is 9.59 Å². The van der Waals surface area contributed by atoms with Crippen LogP contribution in [-0.2, 0) is 9.59 Å². The highest BCUT2D eigenvalue weighted by Gasteiger charge is 2.77. The summed E-state index contributed by atoms with van der Waals surface area (Å²) in [6.07, 6.45) is 1.84. The van der Waals surface area contributed by atoms with Gasteiger partial charge in [-0.25, -0.2) is 0 Å². The molecule has 0 aliphatic rings. The molecule has 0 radical (unpaired) electrons. The molecule has 0 N–H and O–H groups in total. The number of nitrogens with zero attached hydrogens (tertiary/aromatic N) is 2. The molecule has 0 saturated carbocycles. The first-order valence-corrected chi connectivity index (χ1v) is 14.8. The molecular formula is C37H32F6N2O2. The van der Waals surface area contributed by atoms with E-state index in [1.165, 1.54) is 70.5 Å². The standard InChI is InChI=1S/C37H32F6N2O2/c1-3-44(29-21-13-7-14-22-29)25-31(27-17-9-5-10-18-27)33(46)35(38,39)37(42,43)36(40,41)34(47)32(28-19-11-6-12-20-28)26-45(4-2)30-23-15-8-16-24-30/h5-26H,3-4H2,1-2H3/b31-25-,32-26-. The Morgan fingerprint density at radius 1 is 0.511 bits per heavy atom. The van der Waals surface area contributed by atoms with Crippen LogP contribution < -0.4 is 9.80 Å². The fourth-order valence-corrected chi connectivity index (χ4v) is 4.83. The highest BCUT2D eigenvalue weighted by Crippen LogP contribution is 2.50. The molecule has 0 fully saturated rings. The van der Waals surface area contributed by atoms with Gasteiger partial charge in [0.25, 0.3) is 0 Å². The molecule has 0 unspecified atom stereocenters. The minimum absolute atomic E-state index is 0.116. The zero-order valence-electron chi connectivity index (χ0n) is 25.6. The molecule has 4 aromatic rings. The first-order chi connectivity index (χ1) is 22.4. The van der Waals surface area contributed by atoms with Crippen LogP contribution in [0.3, 0.4) is 0 Å². The average Bonchev–Trinajstić information content (AvgIpc) is 3.10. The van der Waals surface area contributed by atoms with E-state index in [2.05, 4.69) is 0 Å². The van der Waals surface area contributed by atoms with Gasteiger partial charge in [0.05, 0.1) is 0 Å². The summed E-state index contributed by atoms with van der Waals surface area (Å²) in [5.41, 5.74) is -1.42. The molecule has 4 aromatic carbocycles. The second-order valence-corrected chi connectivity index (χ2v) is 10.4. The SMILES string of the molecule is CCN(/C=C(\C(=O)C(F)(F)C(F)(F)C(F)(F)C(=O)/C(=C\N(CC)c1ccccc1)c1ccccc1)c1ccccc1)c1ccccc1. The lowest BCUT2D eigenvalue weighted by Gasteiger charge is -2.32. The smallest absolute Gasteiger partial charge is 0.348 e. The number of ketones is 2. The van der Waals surface area contributed by atoms with Crippen LogP contribution in [0.4, 0.5) is 37.7 Å². The second kappa shape index (κ2) is 14.5. The Morgan fingerprint density at radius 2 is 0.787 bits per heavy atom. The summed E-state index contributed by atoms with van der Waals surface area (Å²) in [5, 5.41) is 0. The zero-order chi connectivity index (χ0) is 34.2. The minimum Gasteiger partial charge on any atom is -0.348 e. The predicted molar refractivity (Wildman–Crippen MR) is 173 cm³/mol. The number of hydrogen-bond acceptors (Lipinski definition) is 4. The molecule has 4 nitrogen and oxygen atoms in total. The van der Waals surface area contributed by atoms with Crippen LogP contribution >= 0.6 is 0 Å². The molecule has 10 heteroatoms. The fraction of sp³-hybridized carbons (Fsp3) is 0.189. The minimum atomic E-state index is -6.44. The van der Waals surface area contributed by atoms with Gasteiger partial charge in [-0.1, -0.05) is 97.1 Å². The molecule has 4 rings (SSSR count). The number of carbonyl (C=O) groups excluding carboxylic acids is 2. The van der Waals surface area contributed by atoms with E-state index in [9.17, 15) is 9.59 Å². The molecule has 0 heterocycles. The third-order valence-electron chi connectivity index (χ3n) is 7.44. The number of Topliss-reactive ketones (excluding diaryl/α,β-unsaturated/α-hetero) is 2. The van der Waals surface area contributed by atoms with Crippen LogP contribution in [-0.4, -0.2) is 42.4 Å². The largest absolute Gasteiger partial charge is 0.387 e. The van der Waals surface area contributed by atoms with Crippen molar-refractivity contribution in [3.8, 4) is 0 Å². The van der Waals surface area contributed by atoms with Gasteiger partial charge in [0.15, 0.2) is 0 Å². The Hall–Kier alpha value is -5.12. The van der Waals surface area contributed by atoms with Crippen LogP contribution in [0.25, 0.3) is 11.1 Å². The number of anilines is 2. The lowest BCUT2D eigenvalue weighted by atomic mass is 9.88. The molecule has 0 bridgehead atoms. The molecular weight excluding hydrogens is 618 g/mol. The summed E-state index contributed by atoms with van der Waals surface area (Å²) < 4.78 is 94.5. The zero-order valence-corrected chi connectivity index (χ0v) is 25.6. The summed E-state index contributed by atoms with van der Waals surface area (Å²) in [4.78, 5) is 29.5. The third-order valence-corrected chi connectivity index (χ3v) is 7.44. The first-order valence-electron chi connectivity index (χ1n) is 14.8. The summed E-state index contributed by atoms with van der Waals surface area (Å²) in [5.74, 6) is -23.6. The maximum Gasteiger partial charge on any atom is 0.387 e. The summed E-state index contributed by atoms with van der Waals surface area (Å²) in [7, 11) is 0. The number of hydrogen-bond donors (Lipinski definition) is 0. The van der Waals surface area contributed by atoms with Crippen molar-refractivity contribution in [2.45, 2.75) is 31.6 Å². The van der Waals surface area contributed by atoms with Gasteiger partial charge >= 0.3 is 17.8 Å². The van der Waals surface area contributed by atoms with Gasteiger partial charge < -0.3 is 9.80 Å². The van der Waals surface area contributed by atoms with Gasteiger partial charge in [0.2, 0.25) is 11.6 Å². The van der Waals surface area contributed by atoms with Crippen molar-refractivity contribution in [2.24, 2.45) is 0 Å². The van der Waals surface area contributed by atoms with Gasteiger partial charge in [-0.2, -0.15) is 26.3 Å². The van der Waals surface area contributed by atoms with E-state index >= 15 is 26.3 Å². The van der Waals surface area contributed by atoms with Crippen LogP contribution in [0.15, 0.2) is 134 Å². The number of allylic oxidation sites excluding steroid dienone is 2. The normalized spacial score (nSPS) is 12.9. The molecule has 0 amide bonds. The van der Waals surface area contributed by atoms with Crippen LogP contribution in [0, 0.1) is 0 Å². The number of para-hydroxylation sites is 2. The number of alkyl halides is 6. The van der Waals surface area contributed by atoms with Crippen LogP contribution in [0.1, 0.15) is 25.0 Å². The highest BCUT2D eigenvalue weighted by molar-refractivity contribution is 6.27. The van der Waals surface area contributed by atoms with Gasteiger partial charge in [-0.15, -0.1) is 0 Å². The van der Waals surface area contributed by atoms with Crippen molar-refractivity contribution in [1.82, 2.24) is 0 Å². The van der Waals surface area contributed by atoms with E-state index in [-0.39, 0.29) is 24.2 Å². The topological polar surface area (TPSA) is 40.6 Å². The van der Waals surface area contributed by atoms with Crippen molar-refractivity contribution < 1.29 is 35.9 Å². The Bertz CT molecular complexity index is 1580. The monoisotopic (exact) mass is 650 g/mol. The number of halogens is 6. The molecule has 0 aromatic heterocycles. The quantitative estimate of drug-likeness (QED) is 0.101. The van der Waals surface area contributed by atoms with E-state index in [0.717, 1.165) is 12.4 Å². The van der Waals surface area contributed by atoms with E-state index < -0.39 is 40.5 Å². The Balaban J connectivity index is 1.81. The van der Waals surface area contributed by atoms with Crippen molar-refractivity contribution in [3.63, 3.8) is 0 Å². The molecule has 0 aliphatic heterocycles. The lowest BCUT2D eigenvalue weighted by molar-refractivity contribution is -0.281. The van der Waals surface area contributed by atoms with Crippen molar-refractivity contribution >= 4 is 34.1 Å². The predicted octanol–water partition coefficient (Wildman–Crippen LogP) is 9.17. The highest BCUT2D eigenvalue weighted by atomic mass is 19.3. The maximum atomic E-state index is 15.8. The Labute approximate surface area is 269 Å². The van der Waals surface area contributed by atoms with E-state index in [1.54, 1.807) is 74.5 Å². The van der Waals surface area contributed by atoms with Gasteiger partial charge in [-0.05, 0) is 49.2 Å². The Morgan fingerprint density at radius 3 is 1.06 bits per heavy atom. The van der Waals surface area contributed by atoms with Gasteiger partial charge in [0, 0.05) is 48.0 Å². The average molecular weight is 651 g/mol. The first kappa shape index (κ1) is 34.7. The van der Waals surface area contributed by atoms with Gasteiger partial charge in [0.1, 0.15) is 0 Å². The molecule has 0 atom stereocenters. The summed E-state index contributed by atoms with van der Waals surface area (Å²) in [6.45, 7) is 3.49. The number of carbonyl (C=O) groups is 2. The molecule has 0 aliphatic carbocycles. The molecule has 0 spiro atoms. The summed E-state index contributed by atoms with van der Waals surface area (Å²) in [6, 6.07) is 29.7. The molecule has 0 saturated heterocycles. The lowest BCUT2D eigenvalue weighted by Crippen LogP contribution is -2.61. The summed E-state index contributed by atoms with van der Waals surface area (Å²) >= 11 is 0. The molecule has 244 valence electrons. The number of benzene rings is 4. The fourth-order valence-electron chi connectivity index (χ4n) is 4.83. The second-order valence-electron chi connectivity index (χ2n) is 10.4. The van der Waals surface area contributed by atoms with E-state index in [1.807, 2.05) is 0 Å². The van der Waals surface area contributed by atoms with Crippen molar-refractivity contribution in [2.75, 3.05) is 22.9 Å². The van der Waals surface area contributed by atoms with E-state index in [0.29, 0.717) is 11.4 Å². The van der Waals surface area contributed by atoms with Crippen molar-refractivity contribution in [3.05, 3.63) is 145 Å². The maximum absolute atomic E-state index is 15.8.